The van der Waals surface area contributed by atoms with Gasteiger partial charge in [-0.15, -0.1) is 0 Å². The monoisotopic (exact) mass is 240 g/mol. The molecule has 94 valence electrons. The highest BCUT2D eigenvalue weighted by Crippen LogP contribution is 2.21. The van der Waals surface area contributed by atoms with Crippen molar-refractivity contribution in [2.45, 2.75) is 13.0 Å². The molecule has 0 bridgehead atoms. The van der Waals surface area contributed by atoms with E-state index in [2.05, 4.69) is 60.9 Å². The van der Waals surface area contributed by atoms with Crippen LogP contribution in [0.1, 0.15) is 18.5 Å². The number of hydrogen-bond acceptors (Lipinski definition) is 2. The number of nitrogens with one attached hydrogen (secondary N) is 1. The maximum absolute atomic E-state index is 3.35. The van der Waals surface area contributed by atoms with Gasteiger partial charge in [-0.25, -0.2) is 5.43 Å². The van der Waals surface area contributed by atoms with Crippen molar-refractivity contribution in [1.29, 1.82) is 0 Å². The topological polar surface area (TPSA) is 15.3 Å². The second-order valence-corrected chi connectivity index (χ2v) is 4.73. The zero-order valence-electron chi connectivity index (χ0n) is 11.2. The summed E-state index contributed by atoms with van der Waals surface area (Å²) in [7, 11) is 4.02. The first-order valence-electron chi connectivity index (χ1n) is 6.25. The van der Waals surface area contributed by atoms with Gasteiger partial charge in [0.25, 0.3) is 0 Å². The van der Waals surface area contributed by atoms with Crippen LogP contribution in [0, 0.1) is 0 Å². The summed E-state index contributed by atoms with van der Waals surface area (Å²) in [6, 6.07) is 19.5. The van der Waals surface area contributed by atoms with Crippen LogP contribution in [-0.2, 0) is 0 Å². The van der Waals surface area contributed by atoms with Gasteiger partial charge in [0.2, 0.25) is 0 Å². The van der Waals surface area contributed by atoms with Gasteiger partial charge in [0.15, 0.2) is 0 Å². The summed E-state index contributed by atoms with van der Waals surface area (Å²) in [6.07, 6.45) is 0. The molecule has 0 heterocycles. The highest BCUT2D eigenvalue weighted by Gasteiger charge is 2.05. The Bertz CT molecular complexity index is 474. The maximum Gasteiger partial charge on any atom is 0.0436 e. The summed E-state index contributed by atoms with van der Waals surface area (Å²) in [5.41, 5.74) is 7.17. The van der Waals surface area contributed by atoms with Crippen LogP contribution in [0.5, 0.6) is 0 Å². The van der Waals surface area contributed by atoms with Crippen molar-refractivity contribution in [3.63, 3.8) is 0 Å². The molecule has 0 saturated heterocycles. The van der Waals surface area contributed by atoms with Crippen molar-refractivity contribution in [3.8, 4) is 11.1 Å². The average Bonchev–Trinajstić information content (AvgIpc) is 2.39. The smallest absolute Gasteiger partial charge is 0.0436 e. The molecule has 0 fully saturated rings. The highest BCUT2D eigenvalue weighted by molar-refractivity contribution is 5.63. The first kappa shape index (κ1) is 12.8. The minimum atomic E-state index is 0.324. The summed E-state index contributed by atoms with van der Waals surface area (Å²) in [6.45, 7) is 2.16. The van der Waals surface area contributed by atoms with Crippen LogP contribution < -0.4 is 5.43 Å². The van der Waals surface area contributed by atoms with Crippen molar-refractivity contribution in [3.05, 3.63) is 60.2 Å². The zero-order chi connectivity index (χ0) is 13.0. The molecule has 2 heteroatoms. The fourth-order valence-electron chi connectivity index (χ4n) is 2.06. The van der Waals surface area contributed by atoms with Gasteiger partial charge in [-0.3, -0.25) is 5.01 Å². The first-order valence-corrected chi connectivity index (χ1v) is 6.25. The molecular weight excluding hydrogens is 220 g/mol. The molecule has 1 unspecified atom stereocenters. The summed E-state index contributed by atoms with van der Waals surface area (Å²) in [5.74, 6) is 0. The number of rotatable bonds is 4. The Morgan fingerprint density at radius 3 is 1.94 bits per heavy atom. The van der Waals surface area contributed by atoms with Crippen molar-refractivity contribution in [1.82, 2.24) is 10.4 Å². The molecule has 0 saturated carbocycles. The van der Waals surface area contributed by atoms with Crippen LogP contribution in [0.25, 0.3) is 11.1 Å². The number of hydrogen-bond donors (Lipinski definition) is 1. The van der Waals surface area contributed by atoms with Crippen molar-refractivity contribution in [2.24, 2.45) is 0 Å². The van der Waals surface area contributed by atoms with E-state index >= 15 is 0 Å². The molecule has 0 radical (unpaired) electrons. The molecule has 2 nitrogen and oxygen atoms in total. The van der Waals surface area contributed by atoms with E-state index in [1.807, 2.05) is 25.2 Å². The normalized spacial score (nSPS) is 12.7. The molecule has 2 rings (SSSR count). The van der Waals surface area contributed by atoms with Crippen molar-refractivity contribution < 1.29 is 0 Å². The maximum atomic E-state index is 3.35. The third kappa shape index (κ3) is 3.19. The lowest BCUT2D eigenvalue weighted by molar-refractivity contribution is 0.252. The molecule has 0 aliphatic rings. The molecule has 0 aliphatic heterocycles. The van der Waals surface area contributed by atoms with Gasteiger partial charge in [-0.05, 0) is 23.6 Å². The Hall–Kier alpha value is -1.64. The third-order valence-electron chi connectivity index (χ3n) is 2.97. The molecule has 1 N–H and O–H groups in total. The summed E-state index contributed by atoms with van der Waals surface area (Å²) in [5, 5.41) is 1.98. The Kier molecular flexibility index (Phi) is 4.13. The van der Waals surface area contributed by atoms with E-state index in [-0.39, 0.29) is 0 Å². The molecule has 0 spiro atoms. The molecule has 1 atom stereocenters. The second kappa shape index (κ2) is 5.80. The standard InChI is InChI=1S/C16H20N2/c1-13(17-18(2)3)14-9-11-16(12-10-14)15-7-5-4-6-8-15/h4-13,17H,1-3H3. The van der Waals surface area contributed by atoms with E-state index in [1.165, 1.54) is 16.7 Å². The van der Waals surface area contributed by atoms with Gasteiger partial charge in [0.05, 0.1) is 0 Å². The van der Waals surface area contributed by atoms with E-state index in [1.54, 1.807) is 0 Å². The molecule has 2 aromatic carbocycles. The molecule has 0 aliphatic carbocycles. The molecular formula is C16H20N2. The Morgan fingerprint density at radius 1 is 0.833 bits per heavy atom. The predicted molar refractivity (Wildman–Crippen MR) is 77.1 cm³/mol. The number of benzene rings is 2. The minimum absolute atomic E-state index is 0.324. The lowest BCUT2D eigenvalue weighted by Crippen LogP contribution is -2.32. The van der Waals surface area contributed by atoms with Crippen LogP contribution in [-0.4, -0.2) is 19.1 Å². The Labute approximate surface area is 109 Å². The van der Waals surface area contributed by atoms with Gasteiger partial charge in [-0.1, -0.05) is 54.6 Å². The molecule has 2 aromatic rings. The summed E-state index contributed by atoms with van der Waals surface area (Å²) < 4.78 is 0. The van der Waals surface area contributed by atoms with Gasteiger partial charge >= 0.3 is 0 Å². The van der Waals surface area contributed by atoms with E-state index in [9.17, 15) is 0 Å². The lowest BCUT2D eigenvalue weighted by Gasteiger charge is -2.19. The minimum Gasteiger partial charge on any atom is -0.250 e. The summed E-state index contributed by atoms with van der Waals surface area (Å²) >= 11 is 0. The lowest BCUT2D eigenvalue weighted by atomic mass is 10.0. The fourth-order valence-corrected chi connectivity index (χ4v) is 2.06. The fraction of sp³-hybridized carbons (Fsp3) is 0.250. The van der Waals surface area contributed by atoms with Gasteiger partial charge in [0.1, 0.15) is 0 Å². The van der Waals surface area contributed by atoms with Crippen molar-refractivity contribution >= 4 is 0 Å². The largest absolute Gasteiger partial charge is 0.250 e. The van der Waals surface area contributed by atoms with Crippen LogP contribution in [0.3, 0.4) is 0 Å². The van der Waals surface area contributed by atoms with Crippen LogP contribution in [0.15, 0.2) is 54.6 Å². The average molecular weight is 240 g/mol. The molecule has 18 heavy (non-hydrogen) atoms. The highest BCUT2D eigenvalue weighted by atomic mass is 15.5. The Morgan fingerprint density at radius 2 is 1.39 bits per heavy atom. The predicted octanol–water partition coefficient (Wildman–Crippen LogP) is 3.48. The zero-order valence-corrected chi connectivity index (χ0v) is 11.2. The van der Waals surface area contributed by atoms with Gasteiger partial charge in [0, 0.05) is 20.1 Å². The van der Waals surface area contributed by atoms with E-state index in [0.29, 0.717) is 6.04 Å². The van der Waals surface area contributed by atoms with Crippen LogP contribution in [0.4, 0.5) is 0 Å². The van der Waals surface area contributed by atoms with Gasteiger partial charge < -0.3 is 0 Å². The number of hydrazine groups is 1. The van der Waals surface area contributed by atoms with E-state index in [0.717, 1.165) is 0 Å². The van der Waals surface area contributed by atoms with Crippen LogP contribution in [0.2, 0.25) is 0 Å². The van der Waals surface area contributed by atoms with Crippen LogP contribution >= 0.6 is 0 Å². The SMILES string of the molecule is CC(NN(C)C)c1ccc(-c2ccccc2)cc1. The first-order chi connectivity index (χ1) is 8.66. The second-order valence-electron chi connectivity index (χ2n) is 4.73. The molecule has 0 amide bonds. The Balaban J connectivity index is 2.15. The number of nitrogens with zero attached hydrogens (tertiary/aromatic N) is 1. The molecule has 0 aromatic heterocycles. The van der Waals surface area contributed by atoms with Gasteiger partial charge in [-0.2, -0.15) is 0 Å². The van der Waals surface area contributed by atoms with E-state index in [4.69, 9.17) is 0 Å². The summed E-state index contributed by atoms with van der Waals surface area (Å²) in [4.78, 5) is 0. The quantitative estimate of drug-likeness (QED) is 0.823. The third-order valence-corrected chi connectivity index (χ3v) is 2.97. The van der Waals surface area contributed by atoms with E-state index < -0.39 is 0 Å². The van der Waals surface area contributed by atoms with Crippen molar-refractivity contribution in [2.75, 3.05) is 14.1 Å².